The Hall–Kier alpha value is -5.77. The van der Waals surface area contributed by atoms with Gasteiger partial charge in [0.1, 0.15) is 5.75 Å². The number of carbonyl (C=O) groups is 1. The van der Waals surface area contributed by atoms with Crippen LogP contribution in [0.15, 0.2) is 140 Å². The van der Waals surface area contributed by atoms with E-state index in [4.69, 9.17) is 4.74 Å². The predicted octanol–water partition coefficient (Wildman–Crippen LogP) is 10.3. The smallest absolute Gasteiger partial charge is 0.437 e. The van der Waals surface area contributed by atoms with Crippen molar-refractivity contribution in [1.29, 1.82) is 0 Å². The molecule has 5 rings (SSSR count). The summed E-state index contributed by atoms with van der Waals surface area (Å²) in [6, 6.07) is 33.4. The zero-order chi connectivity index (χ0) is 29.3. The summed E-state index contributed by atoms with van der Waals surface area (Å²) in [5, 5.41) is 28.1. The Bertz CT molecular complexity index is 1760. The first-order valence-corrected chi connectivity index (χ1v) is 13.0. The minimum atomic E-state index is -0.783. The monoisotopic (exact) mass is 557 g/mol. The molecule has 0 aromatic heterocycles. The van der Waals surface area contributed by atoms with Gasteiger partial charge in [0.2, 0.25) is 0 Å². The second-order valence-electron chi connectivity index (χ2n) is 9.23. The van der Waals surface area contributed by atoms with Crippen LogP contribution in [0.3, 0.4) is 0 Å². The fourth-order valence-corrected chi connectivity index (χ4v) is 3.90. The zero-order valence-corrected chi connectivity index (χ0v) is 23.2. The Balaban J connectivity index is 1.28. The second kappa shape index (κ2) is 13.1. The van der Waals surface area contributed by atoms with Gasteiger partial charge in [0.15, 0.2) is 0 Å². The maximum absolute atomic E-state index is 11.3. The molecule has 42 heavy (non-hydrogen) atoms. The Labute approximate surface area is 242 Å². The number of anilines is 1. The molecule has 0 heterocycles. The number of carbonyl (C=O) groups excluding carboxylic acids is 1. The van der Waals surface area contributed by atoms with Crippen LogP contribution in [0.25, 0.3) is 10.8 Å². The molecule has 0 bridgehead atoms. The molecule has 10 heteroatoms. The fourth-order valence-electron chi connectivity index (χ4n) is 3.90. The van der Waals surface area contributed by atoms with E-state index in [1.807, 2.05) is 104 Å². The van der Waals surface area contributed by atoms with Crippen molar-refractivity contribution in [2.45, 2.75) is 0 Å². The van der Waals surface area contributed by atoms with Gasteiger partial charge in [-0.1, -0.05) is 24.3 Å². The molecular weight excluding hydrogens is 530 g/mol. The van der Waals surface area contributed by atoms with Gasteiger partial charge in [0, 0.05) is 30.6 Å². The van der Waals surface area contributed by atoms with Crippen molar-refractivity contribution in [3.63, 3.8) is 0 Å². The van der Waals surface area contributed by atoms with E-state index in [1.165, 1.54) is 7.11 Å². The van der Waals surface area contributed by atoms with E-state index in [2.05, 4.69) is 35.4 Å². The van der Waals surface area contributed by atoms with Gasteiger partial charge in [-0.3, -0.25) is 0 Å². The highest BCUT2D eigenvalue weighted by atomic mass is 16.7. The van der Waals surface area contributed by atoms with Crippen LogP contribution in [0.5, 0.6) is 5.75 Å². The molecule has 0 radical (unpaired) electrons. The number of hydrogen-bond donors (Lipinski definition) is 0. The normalized spacial score (nSPS) is 11.5. The Morgan fingerprint density at radius 3 is 1.38 bits per heavy atom. The highest BCUT2D eigenvalue weighted by molar-refractivity contribution is 5.99. The first-order chi connectivity index (χ1) is 20.5. The van der Waals surface area contributed by atoms with E-state index in [0.29, 0.717) is 28.5 Å². The number of azo groups is 3. The summed E-state index contributed by atoms with van der Waals surface area (Å²) in [6.07, 6.45) is -0.783. The van der Waals surface area contributed by atoms with Crippen LogP contribution in [0.2, 0.25) is 0 Å². The number of ether oxygens (including phenoxy) is 2. The third-order valence-electron chi connectivity index (χ3n) is 6.13. The topological polar surface area (TPSA) is 113 Å². The molecule has 208 valence electrons. The summed E-state index contributed by atoms with van der Waals surface area (Å²) in [4.78, 5) is 13.3. The van der Waals surface area contributed by atoms with Crippen molar-refractivity contribution >= 4 is 56.7 Å². The number of nitrogens with zero attached hydrogens (tertiary/aromatic N) is 7. The molecule has 10 nitrogen and oxygen atoms in total. The number of methoxy groups -OCH3 is 1. The first kappa shape index (κ1) is 27.8. The van der Waals surface area contributed by atoms with Gasteiger partial charge in [-0.25, -0.2) is 4.79 Å². The molecule has 0 spiro atoms. The van der Waals surface area contributed by atoms with Gasteiger partial charge in [0.05, 0.1) is 41.2 Å². The highest BCUT2D eigenvalue weighted by Gasteiger charge is 2.06. The predicted molar refractivity (Wildman–Crippen MR) is 163 cm³/mol. The number of hydrogen-bond acceptors (Lipinski definition) is 10. The van der Waals surface area contributed by atoms with Crippen molar-refractivity contribution in [2.75, 3.05) is 26.1 Å². The third-order valence-corrected chi connectivity index (χ3v) is 6.13. The highest BCUT2D eigenvalue weighted by Crippen LogP contribution is 2.35. The van der Waals surface area contributed by atoms with Crippen molar-refractivity contribution in [3.8, 4) is 5.75 Å². The minimum Gasteiger partial charge on any atom is -0.437 e. The number of fused-ring (bicyclic) bond motifs is 1. The van der Waals surface area contributed by atoms with Gasteiger partial charge in [-0.15, -0.1) is 10.2 Å². The Morgan fingerprint density at radius 1 is 0.548 bits per heavy atom. The van der Waals surface area contributed by atoms with Crippen LogP contribution in [0, 0.1) is 0 Å². The Morgan fingerprint density at radius 2 is 0.952 bits per heavy atom. The largest absolute Gasteiger partial charge is 0.513 e. The second-order valence-corrected chi connectivity index (χ2v) is 9.23. The molecule has 0 saturated heterocycles. The lowest BCUT2D eigenvalue weighted by molar-refractivity contribution is 0.121. The maximum Gasteiger partial charge on any atom is 0.513 e. The molecular formula is C32H27N7O3. The summed E-state index contributed by atoms with van der Waals surface area (Å²) in [5.41, 5.74) is 5.29. The van der Waals surface area contributed by atoms with Gasteiger partial charge < -0.3 is 14.4 Å². The average molecular weight is 558 g/mol. The van der Waals surface area contributed by atoms with Gasteiger partial charge in [-0.2, -0.15) is 20.5 Å². The van der Waals surface area contributed by atoms with Crippen LogP contribution >= 0.6 is 0 Å². The van der Waals surface area contributed by atoms with E-state index in [1.54, 1.807) is 24.3 Å². The SMILES string of the molecule is COC(=O)Oc1ccc(N=Nc2ccc(N=Nc3ccc(N=Nc4ccc(N(C)C)cc4)cc3)c3ccccc23)cc1. The van der Waals surface area contributed by atoms with Crippen molar-refractivity contribution in [3.05, 3.63) is 109 Å². The summed E-state index contributed by atoms with van der Waals surface area (Å²) < 4.78 is 9.48. The zero-order valence-electron chi connectivity index (χ0n) is 23.2. The quantitative estimate of drug-likeness (QED) is 0.107. The molecule has 0 atom stereocenters. The van der Waals surface area contributed by atoms with Crippen LogP contribution < -0.4 is 9.64 Å². The van der Waals surface area contributed by atoms with Crippen molar-refractivity contribution in [2.24, 2.45) is 30.7 Å². The standard InChI is InChI=1S/C32H27N7O3/c1-39(2)26-16-12-24(13-17-26)34-33-22-8-10-23(11-9-22)35-37-30-20-21-31(29-7-5-4-6-28(29)30)38-36-25-14-18-27(19-15-25)42-32(40)41-3/h4-21H,1-3H3. The lowest BCUT2D eigenvalue weighted by Crippen LogP contribution is -2.07. The molecule has 0 aliphatic heterocycles. The average Bonchev–Trinajstić information content (AvgIpc) is 3.03. The number of benzene rings is 5. The lowest BCUT2D eigenvalue weighted by Gasteiger charge is -2.11. The molecule has 0 unspecified atom stereocenters. The van der Waals surface area contributed by atoms with E-state index in [0.717, 1.165) is 27.8 Å². The van der Waals surface area contributed by atoms with E-state index in [9.17, 15) is 4.79 Å². The molecule has 0 amide bonds. The van der Waals surface area contributed by atoms with E-state index < -0.39 is 6.16 Å². The molecule has 5 aromatic rings. The van der Waals surface area contributed by atoms with Gasteiger partial charge in [0.25, 0.3) is 0 Å². The third kappa shape index (κ3) is 7.05. The van der Waals surface area contributed by atoms with Crippen LogP contribution in [0.1, 0.15) is 0 Å². The minimum absolute atomic E-state index is 0.353. The van der Waals surface area contributed by atoms with Crippen molar-refractivity contribution in [1.82, 2.24) is 0 Å². The van der Waals surface area contributed by atoms with Gasteiger partial charge >= 0.3 is 6.16 Å². The fraction of sp³-hybridized carbons (Fsp3) is 0.0938. The maximum atomic E-state index is 11.3. The van der Waals surface area contributed by atoms with Gasteiger partial charge in [-0.05, 0) is 84.9 Å². The van der Waals surface area contributed by atoms with Crippen LogP contribution in [-0.4, -0.2) is 27.4 Å². The molecule has 0 N–H and O–H groups in total. The molecule has 0 aliphatic rings. The Kier molecular flexibility index (Phi) is 8.64. The van der Waals surface area contributed by atoms with Crippen molar-refractivity contribution < 1.29 is 14.3 Å². The summed E-state index contributed by atoms with van der Waals surface area (Å²) in [7, 11) is 5.24. The molecule has 0 fully saturated rings. The first-order valence-electron chi connectivity index (χ1n) is 13.0. The summed E-state index contributed by atoms with van der Waals surface area (Å²) >= 11 is 0. The molecule has 0 saturated carbocycles. The van der Waals surface area contributed by atoms with Crippen LogP contribution in [-0.2, 0) is 4.74 Å². The summed E-state index contributed by atoms with van der Waals surface area (Å²) in [6.45, 7) is 0. The van der Waals surface area contributed by atoms with Crippen LogP contribution in [0.4, 0.5) is 44.6 Å². The number of rotatable bonds is 8. The van der Waals surface area contributed by atoms with E-state index in [-0.39, 0.29) is 0 Å². The van der Waals surface area contributed by atoms with E-state index >= 15 is 0 Å². The molecule has 0 aliphatic carbocycles. The summed E-state index contributed by atoms with van der Waals surface area (Å²) in [5.74, 6) is 0.353. The lowest BCUT2D eigenvalue weighted by atomic mass is 10.1. The molecule has 5 aromatic carbocycles.